The molecule has 0 aliphatic carbocycles. The molecular weight excluding hydrogens is 286 g/mol. The Morgan fingerprint density at radius 2 is 1.87 bits per heavy atom. The van der Waals surface area contributed by atoms with Crippen LogP contribution < -0.4 is 15.5 Å². The minimum absolute atomic E-state index is 0.0774. The number of piperidine rings is 1. The Morgan fingerprint density at radius 3 is 2.52 bits per heavy atom. The van der Waals surface area contributed by atoms with Gasteiger partial charge in [0.1, 0.15) is 0 Å². The number of anilines is 2. The third kappa shape index (κ3) is 6.22. The summed E-state index contributed by atoms with van der Waals surface area (Å²) in [5.41, 5.74) is 2.15. The lowest BCUT2D eigenvalue weighted by atomic mass is 9.99. The summed E-state index contributed by atoms with van der Waals surface area (Å²) in [4.78, 5) is 14.3. The number of unbranched alkanes of at least 4 members (excludes halogenated alkanes) is 1. The fraction of sp³-hybridized carbons (Fsp3) is 0.632. The molecule has 0 radical (unpaired) electrons. The van der Waals surface area contributed by atoms with Crippen LogP contribution in [0.15, 0.2) is 24.3 Å². The number of nitrogens with one attached hydrogen (secondary N) is 2. The second-order valence-electron chi connectivity index (χ2n) is 6.62. The molecule has 0 unspecified atom stereocenters. The van der Waals surface area contributed by atoms with E-state index in [4.69, 9.17) is 0 Å². The molecule has 0 spiro atoms. The molecule has 0 aromatic heterocycles. The van der Waals surface area contributed by atoms with Crippen LogP contribution in [-0.2, 0) is 4.79 Å². The number of hydrogen-bond donors (Lipinski definition) is 2. The minimum atomic E-state index is 0.0774. The Labute approximate surface area is 140 Å². The standard InChI is InChI=1S/C19H31N3O/c1-3-4-12-20-13-9-19(23)21-17-5-7-18(8-6-17)22-14-10-16(2)11-15-22/h5-8,16,20H,3-4,9-15H2,1-2H3,(H,21,23). The average Bonchev–Trinajstić information content (AvgIpc) is 2.56. The Balaban J connectivity index is 1.73. The van der Waals surface area contributed by atoms with Gasteiger partial charge in [-0.25, -0.2) is 0 Å². The summed E-state index contributed by atoms with van der Waals surface area (Å²) in [5, 5.41) is 6.26. The van der Waals surface area contributed by atoms with Gasteiger partial charge in [-0.3, -0.25) is 4.79 Å². The number of nitrogens with zero attached hydrogens (tertiary/aromatic N) is 1. The lowest BCUT2D eigenvalue weighted by Gasteiger charge is -2.32. The molecule has 1 aromatic carbocycles. The first-order valence-corrected chi connectivity index (χ1v) is 9.04. The molecule has 2 N–H and O–H groups in total. The fourth-order valence-corrected chi connectivity index (χ4v) is 2.87. The van der Waals surface area contributed by atoms with E-state index in [-0.39, 0.29) is 5.91 Å². The van der Waals surface area contributed by atoms with Gasteiger partial charge in [0.2, 0.25) is 5.91 Å². The molecule has 1 heterocycles. The zero-order valence-electron chi connectivity index (χ0n) is 14.6. The maximum Gasteiger partial charge on any atom is 0.225 e. The van der Waals surface area contributed by atoms with Gasteiger partial charge in [-0.15, -0.1) is 0 Å². The molecule has 0 saturated carbocycles. The maximum atomic E-state index is 11.9. The third-order valence-corrected chi connectivity index (χ3v) is 4.54. The van der Waals surface area contributed by atoms with Crippen molar-refractivity contribution in [3.05, 3.63) is 24.3 Å². The normalized spacial score (nSPS) is 15.7. The van der Waals surface area contributed by atoms with Crippen LogP contribution in [-0.4, -0.2) is 32.1 Å². The summed E-state index contributed by atoms with van der Waals surface area (Å²) in [7, 11) is 0. The van der Waals surface area contributed by atoms with Gasteiger partial charge in [0, 0.05) is 37.4 Å². The van der Waals surface area contributed by atoms with Crippen molar-refractivity contribution in [3.63, 3.8) is 0 Å². The van der Waals surface area contributed by atoms with Gasteiger partial charge in [-0.2, -0.15) is 0 Å². The first-order chi connectivity index (χ1) is 11.2. The van der Waals surface area contributed by atoms with E-state index >= 15 is 0 Å². The topological polar surface area (TPSA) is 44.4 Å². The monoisotopic (exact) mass is 317 g/mol. The van der Waals surface area contributed by atoms with Gasteiger partial charge in [0.05, 0.1) is 0 Å². The summed E-state index contributed by atoms with van der Waals surface area (Å²) in [5.74, 6) is 0.921. The van der Waals surface area contributed by atoms with E-state index in [1.54, 1.807) is 0 Å². The van der Waals surface area contributed by atoms with E-state index in [1.165, 1.54) is 31.4 Å². The summed E-state index contributed by atoms with van der Waals surface area (Å²) in [6, 6.07) is 8.25. The van der Waals surface area contributed by atoms with Crippen molar-refractivity contribution in [2.45, 2.75) is 46.0 Å². The van der Waals surface area contributed by atoms with Crippen molar-refractivity contribution in [1.29, 1.82) is 0 Å². The van der Waals surface area contributed by atoms with Crippen LogP contribution in [0.1, 0.15) is 46.0 Å². The molecule has 1 saturated heterocycles. The van der Waals surface area contributed by atoms with Gasteiger partial charge in [0.25, 0.3) is 0 Å². The molecule has 4 heteroatoms. The molecule has 128 valence electrons. The van der Waals surface area contributed by atoms with E-state index in [0.717, 1.165) is 37.8 Å². The maximum absolute atomic E-state index is 11.9. The first kappa shape index (κ1) is 17.8. The molecule has 1 amide bonds. The lowest BCUT2D eigenvalue weighted by Crippen LogP contribution is -2.32. The number of rotatable bonds is 8. The highest BCUT2D eigenvalue weighted by Gasteiger charge is 2.15. The van der Waals surface area contributed by atoms with Gasteiger partial charge < -0.3 is 15.5 Å². The first-order valence-electron chi connectivity index (χ1n) is 9.04. The zero-order valence-corrected chi connectivity index (χ0v) is 14.6. The largest absolute Gasteiger partial charge is 0.372 e. The molecule has 1 fully saturated rings. The van der Waals surface area contributed by atoms with Gasteiger partial charge in [-0.05, 0) is 56.0 Å². The molecule has 0 atom stereocenters. The van der Waals surface area contributed by atoms with Gasteiger partial charge >= 0.3 is 0 Å². The SMILES string of the molecule is CCCCNCCC(=O)Nc1ccc(N2CCC(C)CC2)cc1. The Morgan fingerprint density at radius 1 is 1.17 bits per heavy atom. The smallest absolute Gasteiger partial charge is 0.225 e. The Bertz CT molecular complexity index is 464. The predicted octanol–water partition coefficient (Wildman–Crippen LogP) is 3.64. The highest BCUT2D eigenvalue weighted by molar-refractivity contribution is 5.91. The highest BCUT2D eigenvalue weighted by atomic mass is 16.1. The van der Waals surface area contributed by atoms with E-state index in [0.29, 0.717) is 6.42 Å². The van der Waals surface area contributed by atoms with Crippen molar-refractivity contribution >= 4 is 17.3 Å². The van der Waals surface area contributed by atoms with E-state index < -0.39 is 0 Å². The number of benzene rings is 1. The minimum Gasteiger partial charge on any atom is -0.372 e. The fourth-order valence-electron chi connectivity index (χ4n) is 2.87. The van der Waals surface area contributed by atoms with Gasteiger partial charge in [-0.1, -0.05) is 20.3 Å². The summed E-state index contributed by atoms with van der Waals surface area (Å²) in [6.45, 7) is 8.50. The number of amides is 1. The van der Waals surface area contributed by atoms with Crippen LogP contribution in [0.2, 0.25) is 0 Å². The third-order valence-electron chi connectivity index (χ3n) is 4.54. The summed E-state index contributed by atoms with van der Waals surface area (Å²) in [6.07, 6.45) is 5.41. The van der Waals surface area contributed by atoms with Crippen molar-refractivity contribution in [2.75, 3.05) is 36.4 Å². The number of carbonyl (C=O) groups is 1. The van der Waals surface area contributed by atoms with E-state index in [2.05, 4.69) is 41.5 Å². The van der Waals surface area contributed by atoms with Crippen LogP contribution in [0.4, 0.5) is 11.4 Å². The average molecular weight is 317 g/mol. The number of hydrogen-bond acceptors (Lipinski definition) is 3. The summed E-state index contributed by atoms with van der Waals surface area (Å²) >= 11 is 0. The molecule has 1 aliphatic rings. The van der Waals surface area contributed by atoms with Crippen LogP contribution in [0, 0.1) is 5.92 Å². The van der Waals surface area contributed by atoms with Crippen LogP contribution in [0.5, 0.6) is 0 Å². The Hall–Kier alpha value is -1.55. The second kappa shape index (κ2) is 9.56. The highest BCUT2D eigenvalue weighted by Crippen LogP contribution is 2.24. The van der Waals surface area contributed by atoms with Crippen molar-refractivity contribution in [1.82, 2.24) is 5.32 Å². The molecule has 23 heavy (non-hydrogen) atoms. The van der Waals surface area contributed by atoms with Crippen LogP contribution >= 0.6 is 0 Å². The van der Waals surface area contributed by atoms with Crippen molar-refractivity contribution in [3.8, 4) is 0 Å². The molecule has 1 aromatic rings. The lowest BCUT2D eigenvalue weighted by molar-refractivity contribution is -0.116. The molecule has 4 nitrogen and oxygen atoms in total. The summed E-state index contributed by atoms with van der Waals surface area (Å²) < 4.78 is 0. The number of carbonyl (C=O) groups excluding carboxylic acids is 1. The molecule has 1 aliphatic heterocycles. The van der Waals surface area contributed by atoms with Crippen LogP contribution in [0.25, 0.3) is 0 Å². The predicted molar refractivity (Wildman–Crippen MR) is 98.1 cm³/mol. The molecular formula is C19H31N3O. The van der Waals surface area contributed by atoms with Crippen LogP contribution in [0.3, 0.4) is 0 Å². The van der Waals surface area contributed by atoms with Gasteiger partial charge in [0.15, 0.2) is 0 Å². The molecule has 0 bridgehead atoms. The van der Waals surface area contributed by atoms with E-state index in [1.807, 2.05) is 12.1 Å². The Kier molecular flexibility index (Phi) is 7.40. The van der Waals surface area contributed by atoms with Crippen molar-refractivity contribution in [2.24, 2.45) is 5.92 Å². The molecule has 2 rings (SSSR count). The van der Waals surface area contributed by atoms with E-state index in [9.17, 15) is 4.79 Å². The zero-order chi connectivity index (χ0) is 16.5. The quantitative estimate of drug-likeness (QED) is 0.720. The second-order valence-corrected chi connectivity index (χ2v) is 6.62. The van der Waals surface area contributed by atoms with Crippen molar-refractivity contribution < 1.29 is 4.79 Å².